The highest BCUT2D eigenvalue weighted by Gasteiger charge is 2.48. The lowest BCUT2D eigenvalue weighted by molar-refractivity contribution is -0.138. The Morgan fingerprint density at radius 3 is 2.22 bits per heavy atom. The molecular weight excluding hydrogens is 845 g/mol. The second-order valence-electron chi connectivity index (χ2n) is 20.1. The number of hydrogen-bond donors (Lipinski definition) is 4. The SMILES string of the molecule is COC(=O)N[C@H](C(=O)N1CCC[C@H]1c1nc(-c2cc3ccc2C[C@@H](C)c2ccc(c(-c4ccc5[nH]c([C@@H]6C[C@@H]7CCCC[C@@H]7N6C(=O)[C@@H](NC(=O)OC)C(C)C)nc5c4)c2)CC3)c[nH]1)C(C)C. The molecule has 3 fully saturated rings. The number of ether oxygens (including phenoxy) is 2. The van der Waals surface area contributed by atoms with Crippen LogP contribution in [0.4, 0.5) is 9.59 Å². The fraction of sp³-hybridized carbons (Fsp3) is 0.509. The van der Waals surface area contributed by atoms with E-state index in [-0.39, 0.29) is 47.7 Å². The summed E-state index contributed by atoms with van der Waals surface area (Å²) in [6.45, 7) is 10.6. The lowest BCUT2D eigenvalue weighted by atomic mass is 9.84. The van der Waals surface area contributed by atoms with Crippen LogP contribution in [0, 0.1) is 17.8 Å². The summed E-state index contributed by atoms with van der Waals surface area (Å²) < 4.78 is 9.75. The smallest absolute Gasteiger partial charge is 0.407 e. The van der Waals surface area contributed by atoms with Crippen molar-refractivity contribution in [3.8, 4) is 22.4 Å². The van der Waals surface area contributed by atoms with Crippen LogP contribution in [0.1, 0.15) is 131 Å². The molecule has 4 amide bonds. The van der Waals surface area contributed by atoms with Crippen LogP contribution in [0.25, 0.3) is 33.4 Å². The van der Waals surface area contributed by atoms with Gasteiger partial charge in [-0.3, -0.25) is 9.59 Å². The number of aromatic nitrogens is 4. The van der Waals surface area contributed by atoms with Gasteiger partial charge in [0.25, 0.3) is 0 Å². The summed E-state index contributed by atoms with van der Waals surface area (Å²) in [6.07, 6.45) is 10.0. The first kappa shape index (κ1) is 46.0. The third kappa shape index (κ3) is 9.15. The van der Waals surface area contributed by atoms with Crippen molar-refractivity contribution in [3.63, 3.8) is 0 Å². The number of aryl methyl sites for hydroxylation is 2. The Hall–Kier alpha value is -6.18. The first-order chi connectivity index (χ1) is 32.3. The molecule has 2 aliphatic heterocycles. The summed E-state index contributed by atoms with van der Waals surface area (Å²) in [4.78, 5) is 74.2. The predicted molar refractivity (Wildman–Crippen MR) is 257 cm³/mol. The van der Waals surface area contributed by atoms with Crippen molar-refractivity contribution < 1.29 is 28.7 Å². The molecule has 4 N–H and O–H groups in total. The van der Waals surface area contributed by atoms with E-state index < -0.39 is 24.3 Å². The van der Waals surface area contributed by atoms with Crippen LogP contribution in [-0.2, 0) is 38.3 Å². The number of carbonyl (C=O) groups excluding carboxylic acids is 4. The Labute approximate surface area is 393 Å². The first-order valence-corrected chi connectivity index (χ1v) is 24.4. The number of alkyl carbamates (subject to hydrolysis) is 2. The van der Waals surface area contributed by atoms with E-state index in [2.05, 4.69) is 82.1 Å². The molecule has 7 atom stereocenters. The number of nitrogens with zero attached hydrogens (tertiary/aromatic N) is 4. The van der Waals surface area contributed by atoms with Gasteiger partial charge < -0.3 is 39.9 Å². The topological polar surface area (TPSA) is 175 Å². The maximum atomic E-state index is 14.5. The summed E-state index contributed by atoms with van der Waals surface area (Å²) in [6, 6.07) is 18.5. The molecular formula is C53H66N8O6. The number of methoxy groups -OCH3 is 2. The molecule has 354 valence electrons. The van der Waals surface area contributed by atoms with Crippen molar-refractivity contribution in [1.82, 2.24) is 40.4 Å². The summed E-state index contributed by atoms with van der Waals surface area (Å²) in [5.41, 5.74) is 11.1. The molecule has 14 nitrogen and oxygen atoms in total. The van der Waals surface area contributed by atoms with Gasteiger partial charge in [-0.05, 0) is 127 Å². The van der Waals surface area contributed by atoms with E-state index in [0.717, 1.165) is 104 Å². The molecule has 5 aromatic rings. The predicted octanol–water partition coefficient (Wildman–Crippen LogP) is 9.32. The van der Waals surface area contributed by atoms with Gasteiger partial charge in [-0.2, -0.15) is 0 Å². The van der Waals surface area contributed by atoms with Gasteiger partial charge in [-0.1, -0.05) is 83.9 Å². The molecule has 7 aliphatic rings. The fourth-order valence-corrected chi connectivity index (χ4v) is 11.4. The van der Waals surface area contributed by atoms with Gasteiger partial charge in [0.15, 0.2) is 0 Å². The molecule has 14 heteroatoms. The third-order valence-corrected chi connectivity index (χ3v) is 15.1. The molecule has 2 saturated heterocycles. The van der Waals surface area contributed by atoms with E-state index in [9.17, 15) is 19.2 Å². The number of hydrogen-bond acceptors (Lipinski definition) is 8. The molecule has 2 aromatic heterocycles. The number of benzene rings is 3. The number of aromatic amines is 2. The van der Waals surface area contributed by atoms with Gasteiger partial charge in [0.1, 0.15) is 23.7 Å². The largest absolute Gasteiger partial charge is 0.453 e. The molecule has 3 aromatic carbocycles. The maximum absolute atomic E-state index is 14.5. The summed E-state index contributed by atoms with van der Waals surface area (Å²) in [5, 5.41) is 5.58. The second-order valence-corrected chi connectivity index (χ2v) is 20.1. The minimum atomic E-state index is -0.697. The Balaban J connectivity index is 0.971. The summed E-state index contributed by atoms with van der Waals surface area (Å²) in [5.74, 6) is 1.72. The van der Waals surface area contributed by atoms with E-state index in [1.165, 1.54) is 42.0 Å². The highest BCUT2D eigenvalue weighted by molar-refractivity contribution is 5.88. The van der Waals surface area contributed by atoms with Gasteiger partial charge in [0.2, 0.25) is 11.8 Å². The van der Waals surface area contributed by atoms with E-state index in [0.29, 0.717) is 12.5 Å². The van der Waals surface area contributed by atoms with Crippen LogP contribution in [0.5, 0.6) is 0 Å². The van der Waals surface area contributed by atoms with Crippen molar-refractivity contribution in [2.75, 3.05) is 20.8 Å². The van der Waals surface area contributed by atoms with Crippen LogP contribution in [-0.4, -0.2) is 92.6 Å². The number of amides is 4. The average Bonchev–Trinajstić information content (AvgIpc) is 4.16. The van der Waals surface area contributed by atoms with Crippen LogP contribution in [0.15, 0.2) is 60.8 Å². The lowest BCUT2D eigenvalue weighted by Crippen LogP contribution is -2.53. The van der Waals surface area contributed by atoms with Gasteiger partial charge >= 0.3 is 12.2 Å². The molecule has 0 spiro atoms. The minimum Gasteiger partial charge on any atom is -0.453 e. The molecule has 67 heavy (non-hydrogen) atoms. The van der Waals surface area contributed by atoms with E-state index in [4.69, 9.17) is 19.4 Å². The quantitative estimate of drug-likeness (QED) is 0.107. The number of fused-ring (bicyclic) bond motifs is 2. The van der Waals surface area contributed by atoms with Crippen molar-refractivity contribution in [1.29, 1.82) is 0 Å². The first-order valence-electron chi connectivity index (χ1n) is 24.4. The van der Waals surface area contributed by atoms with Crippen LogP contribution < -0.4 is 10.6 Å². The van der Waals surface area contributed by atoms with Crippen LogP contribution >= 0.6 is 0 Å². The van der Waals surface area contributed by atoms with Crippen LogP contribution in [0.2, 0.25) is 0 Å². The molecule has 12 rings (SSSR count). The molecule has 0 unspecified atom stereocenters. The number of likely N-dealkylation sites (tertiary alicyclic amines) is 2. The fourth-order valence-electron chi connectivity index (χ4n) is 11.4. The Morgan fingerprint density at radius 2 is 1.48 bits per heavy atom. The van der Waals surface area contributed by atoms with Gasteiger partial charge in [-0.25, -0.2) is 19.6 Å². The molecule has 0 radical (unpaired) electrons. The van der Waals surface area contributed by atoms with Crippen molar-refractivity contribution >= 4 is 35.0 Å². The lowest BCUT2D eigenvalue weighted by Gasteiger charge is -2.36. The molecule has 1 saturated carbocycles. The zero-order valence-electron chi connectivity index (χ0n) is 40.0. The van der Waals surface area contributed by atoms with Gasteiger partial charge in [0, 0.05) is 24.3 Å². The number of imidazole rings is 2. The highest BCUT2D eigenvalue weighted by Crippen LogP contribution is 2.47. The average molecular weight is 911 g/mol. The Bertz CT molecular complexity index is 2650. The van der Waals surface area contributed by atoms with E-state index in [1.807, 2.05) is 43.7 Å². The molecule has 4 bridgehead atoms. The summed E-state index contributed by atoms with van der Waals surface area (Å²) in [7, 11) is 2.63. The normalized spacial score (nSPS) is 22.4. The molecule has 5 aliphatic carbocycles. The van der Waals surface area contributed by atoms with E-state index >= 15 is 0 Å². The third-order valence-electron chi connectivity index (χ3n) is 15.1. The maximum Gasteiger partial charge on any atom is 0.407 e. The van der Waals surface area contributed by atoms with E-state index in [1.54, 1.807) is 0 Å². The van der Waals surface area contributed by atoms with Crippen LogP contribution in [0.3, 0.4) is 0 Å². The number of carbonyl (C=O) groups is 4. The summed E-state index contributed by atoms with van der Waals surface area (Å²) >= 11 is 0. The zero-order valence-corrected chi connectivity index (χ0v) is 40.0. The standard InChI is InChI=1S/C53H66N8O6/c1-29(2)46(58-52(64)66-6)50(62)60-22-10-13-44(60)48-54-28-42(57-48)39-24-32-14-16-33-18-19-34(31(5)23-35(39)17-15-32)25-38(33)36-20-21-40-41(26-36)56-49(55-40)45-27-37-11-8-9-12-43(37)61(45)51(63)47(30(3)4)59-53(65)67-7/h15,17-21,24-26,28-31,37,43-47H,8-14,16,22-23,27H2,1-7H3,(H,54,57)(H,55,56)(H,58,64)(H,59,65)/t31-,37+,43+,44+,45+,46+,47+/m1/s1. The Kier molecular flexibility index (Phi) is 13.2. The van der Waals surface area contributed by atoms with Crippen molar-refractivity contribution in [2.45, 2.75) is 135 Å². The zero-order chi connectivity index (χ0) is 47.1. The molecule has 4 heterocycles. The minimum absolute atomic E-state index is 0.0725. The highest BCUT2D eigenvalue weighted by atomic mass is 16.5. The second kappa shape index (κ2) is 19.2. The number of rotatable bonds is 10. The van der Waals surface area contributed by atoms with Crippen molar-refractivity contribution in [2.24, 2.45) is 17.8 Å². The van der Waals surface area contributed by atoms with Crippen molar-refractivity contribution in [3.05, 3.63) is 94.7 Å². The number of nitrogens with one attached hydrogen (secondary N) is 4. The van der Waals surface area contributed by atoms with Gasteiger partial charge in [-0.15, -0.1) is 0 Å². The Morgan fingerprint density at radius 1 is 0.746 bits per heavy atom. The number of H-pyrrole nitrogens is 2. The van der Waals surface area contributed by atoms with Gasteiger partial charge in [0.05, 0.1) is 43.0 Å². The monoisotopic (exact) mass is 911 g/mol.